The number of nitrogens with zero attached hydrogens (tertiary/aromatic N) is 6. The minimum absolute atomic E-state index is 0.150. The van der Waals surface area contributed by atoms with Crippen LogP contribution >= 0.6 is 0 Å². The Bertz CT molecular complexity index is 1650. The molecule has 4 aromatic rings. The number of hydrogen-bond acceptors (Lipinski definition) is 9. The third-order valence-corrected chi connectivity index (χ3v) is 8.34. The summed E-state index contributed by atoms with van der Waals surface area (Å²) in [6.07, 6.45) is -0.460. The van der Waals surface area contributed by atoms with Gasteiger partial charge < -0.3 is 25.8 Å². The van der Waals surface area contributed by atoms with E-state index in [9.17, 15) is 23.1 Å². The number of anilines is 2. The highest BCUT2D eigenvalue weighted by Crippen LogP contribution is 2.42. The predicted molar refractivity (Wildman–Crippen MR) is 155 cm³/mol. The fourth-order valence-corrected chi connectivity index (χ4v) is 6.00. The number of ether oxygens (including phenoxy) is 1. The largest absolute Gasteiger partial charge is 0.480 e. The fourth-order valence-electron chi connectivity index (χ4n) is 6.00. The van der Waals surface area contributed by atoms with Gasteiger partial charge in [0.25, 0.3) is 0 Å². The molecule has 44 heavy (non-hydrogen) atoms. The van der Waals surface area contributed by atoms with Gasteiger partial charge in [-0.15, -0.1) is 0 Å². The number of carbonyl (C=O) groups is 1. The highest BCUT2D eigenvalue weighted by Gasteiger charge is 2.46. The summed E-state index contributed by atoms with van der Waals surface area (Å²) >= 11 is 0. The predicted octanol–water partition coefficient (Wildman–Crippen LogP) is 4.33. The number of benzene rings is 1. The van der Waals surface area contributed by atoms with Crippen molar-refractivity contribution >= 4 is 17.7 Å². The van der Waals surface area contributed by atoms with Crippen LogP contribution in [0, 0.1) is 12.3 Å². The number of nitrogens with one attached hydrogen (secondary N) is 1. The SMILES string of the molecule is Cc1ccn(-c2cc(-c3ccncc3)ccc2[C@@H](Oc2cc(N3CCC4(CC3)CNC(C(=O)O)C4)nc(N)n2)C(F)(F)F)n1. The summed E-state index contributed by atoms with van der Waals surface area (Å²) in [5.41, 5.74) is 7.96. The van der Waals surface area contributed by atoms with E-state index in [0.29, 0.717) is 56.0 Å². The van der Waals surface area contributed by atoms with Gasteiger partial charge in [-0.3, -0.25) is 9.78 Å². The van der Waals surface area contributed by atoms with Crippen molar-refractivity contribution in [3.8, 4) is 22.7 Å². The van der Waals surface area contributed by atoms with E-state index in [1.807, 2.05) is 4.90 Å². The van der Waals surface area contributed by atoms with Crippen molar-refractivity contribution in [1.29, 1.82) is 0 Å². The topological polar surface area (TPSA) is 144 Å². The Morgan fingerprint density at radius 1 is 1.11 bits per heavy atom. The highest BCUT2D eigenvalue weighted by atomic mass is 19.4. The summed E-state index contributed by atoms with van der Waals surface area (Å²) < 4.78 is 51.2. The summed E-state index contributed by atoms with van der Waals surface area (Å²) in [6, 6.07) is 10.6. The van der Waals surface area contributed by atoms with Crippen LogP contribution in [-0.4, -0.2) is 67.7 Å². The van der Waals surface area contributed by atoms with Crippen LogP contribution < -0.4 is 20.7 Å². The van der Waals surface area contributed by atoms with Gasteiger partial charge in [0, 0.05) is 49.9 Å². The van der Waals surface area contributed by atoms with E-state index in [4.69, 9.17) is 10.5 Å². The molecule has 1 unspecified atom stereocenters. The second-order valence-electron chi connectivity index (χ2n) is 11.3. The molecule has 2 aliphatic heterocycles. The summed E-state index contributed by atoms with van der Waals surface area (Å²) in [6.45, 7) is 3.42. The first-order chi connectivity index (χ1) is 21.0. The first-order valence-electron chi connectivity index (χ1n) is 14.2. The molecule has 1 aromatic carbocycles. The van der Waals surface area contributed by atoms with Crippen molar-refractivity contribution in [2.24, 2.45) is 5.41 Å². The first kappa shape index (κ1) is 29.4. The molecule has 3 aromatic heterocycles. The maximum atomic E-state index is 14.7. The van der Waals surface area contributed by atoms with Gasteiger partial charge in [-0.05, 0) is 67.0 Å². The Kier molecular flexibility index (Phi) is 7.61. The molecular weight excluding hydrogens is 577 g/mol. The average Bonchev–Trinajstić information content (AvgIpc) is 3.62. The quantitative estimate of drug-likeness (QED) is 0.277. The lowest BCUT2D eigenvalue weighted by Crippen LogP contribution is -2.41. The first-order valence-corrected chi connectivity index (χ1v) is 14.2. The number of nitrogens with two attached hydrogens (primary N) is 1. The van der Waals surface area contributed by atoms with Crippen LogP contribution in [0.25, 0.3) is 16.8 Å². The van der Waals surface area contributed by atoms with Crippen molar-refractivity contribution in [2.45, 2.75) is 44.5 Å². The molecule has 0 aliphatic carbocycles. The number of piperidine rings is 1. The van der Waals surface area contributed by atoms with E-state index in [0.717, 1.165) is 5.56 Å². The van der Waals surface area contributed by atoms with Crippen LogP contribution in [0.5, 0.6) is 5.88 Å². The van der Waals surface area contributed by atoms with E-state index < -0.39 is 24.3 Å². The molecule has 230 valence electrons. The van der Waals surface area contributed by atoms with Gasteiger partial charge in [0.2, 0.25) is 17.9 Å². The number of rotatable bonds is 7. The zero-order valence-corrected chi connectivity index (χ0v) is 23.8. The molecule has 5 heterocycles. The molecule has 0 bridgehead atoms. The molecule has 2 saturated heterocycles. The number of aryl methyl sites for hydroxylation is 1. The average molecular weight is 609 g/mol. The Morgan fingerprint density at radius 2 is 1.86 bits per heavy atom. The number of nitrogen functional groups attached to an aromatic ring is 1. The van der Waals surface area contributed by atoms with Crippen LogP contribution in [0.3, 0.4) is 0 Å². The Morgan fingerprint density at radius 3 is 2.50 bits per heavy atom. The minimum Gasteiger partial charge on any atom is -0.480 e. The van der Waals surface area contributed by atoms with E-state index in [1.165, 1.54) is 16.8 Å². The number of aliphatic carboxylic acids is 1. The molecule has 2 aliphatic rings. The van der Waals surface area contributed by atoms with Crippen LogP contribution in [0.4, 0.5) is 24.9 Å². The van der Waals surface area contributed by atoms with Crippen LogP contribution in [0.2, 0.25) is 0 Å². The van der Waals surface area contributed by atoms with Crippen molar-refractivity contribution in [3.63, 3.8) is 0 Å². The summed E-state index contributed by atoms with van der Waals surface area (Å²) in [5, 5.41) is 16.8. The van der Waals surface area contributed by atoms with Gasteiger partial charge in [-0.2, -0.15) is 28.2 Å². The maximum absolute atomic E-state index is 14.7. The molecule has 4 N–H and O–H groups in total. The Balaban J connectivity index is 1.30. The van der Waals surface area contributed by atoms with Gasteiger partial charge in [0.15, 0.2) is 0 Å². The third kappa shape index (κ3) is 6.02. The van der Waals surface area contributed by atoms with Gasteiger partial charge in [0.1, 0.15) is 11.9 Å². The van der Waals surface area contributed by atoms with Crippen molar-refractivity contribution in [3.05, 3.63) is 72.3 Å². The number of aromatic nitrogens is 5. The lowest BCUT2D eigenvalue weighted by molar-refractivity contribution is -0.198. The molecular formula is C30H31F3N8O3. The van der Waals surface area contributed by atoms with E-state index in [2.05, 4.69) is 25.4 Å². The lowest BCUT2D eigenvalue weighted by atomic mass is 9.76. The molecule has 14 heteroatoms. The minimum atomic E-state index is -4.82. The van der Waals surface area contributed by atoms with E-state index >= 15 is 0 Å². The Hall–Kier alpha value is -4.72. The van der Waals surface area contributed by atoms with Crippen molar-refractivity contribution in [2.75, 3.05) is 30.3 Å². The number of pyridine rings is 1. The van der Waals surface area contributed by atoms with Gasteiger partial charge >= 0.3 is 12.1 Å². The molecule has 2 fully saturated rings. The molecule has 6 rings (SSSR count). The number of hydrogen-bond donors (Lipinski definition) is 3. The summed E-state index contributed by atoms with van der Waals surface area (Å²) in [7, 11) is 0. The third-order valence-electron chi connectivity index (χ3n) is 8.34. The monoisotopic (exact) mass is 608 g/mol. The zero-order chi connectivity index (χ0) is 31.1. The van der Waals surface area contributed by atoms with Crippen LogP contribution in [-0.2, 0) is 4.79 Å². The van der Waals surface area contributed by atoms with Gasteiger partial charge in [0.05, 0.1) is 11.4 Å². The number of alkyl halides is 3. The molecule has 11 nitrogen and oxygen atoms in total. The zero-order valence-electron chi connectivity index (χ0n) is 23.8. The maximum Gasteiger partial charge on any atom is 0.429 e. The normalized spacial score (nSPS) is 18.8. The number of carboxylic acid groups (broad SMARTS) is 1. The van der Waals surface area contributed by atoms with Crippen LogP contribution in [0.15, 0.2) is 61.1 Å². The number of halogens is 3. The highest BCUT2D eigenvalue weighted by molar-refractivity contribution is 5.74. The number of carboxylic acids is 1. The lowest BCUT2D eigenvalue weighted by Gasteiger charge is -2.39. The van der Waals surface area contributed by atoms with Crippen molar-refractivity contribution in [1.82, 2.24) is 30.0 Å². The summed E-state index contributed by atoms with van der Waals surface area (Å²) in [5.74, 6) is -1.06. The molecule has 0 radical (unpaired) electrons. The molecule has 2 atom stereocenters. The summed E-state index contributed by atoms with van der Waals surface area (Å²) in [4.78, 5) is 25.6. The molecule has 0 amide bonds. The van der Waals surface area contributed by atoms with Crippen LogP contribution in [0.1, 0.15) is 36.6 Å². The van der Waals surface area contributed by atoms with E-state index in [1.54, 1.807) is 55.8 Å². The Labute approximate surface area is 250 Å². The second kappa shape index (κ2) is 11.4. The molecule has 0 saturated carbocycles. The standard InChI is InChI=1S/C30H31F3N8O3/c1-18-6-11-41(39-18)23-14-20(19-4-9-35-10-5-19)2-3-21(23)26(30(31,32)33)44-25-15-24(37-28(34)38-25)40-12-7-29(8-13-40)16-22(27(42)43)36-17-29/h2-6,9-11,14-15,22,26,36H,7-8,12-13,16-17H2,1H3,(H,42,43)(H2,34,37,38)/t22?,26-/m1/s1. The fraction of sp³-hybridized carbons (Fsp3) is 0.367. The molecule has 1 spiro atoms. The van der Waals surface area contributed by atoms with Gasteiger partial charge in [-0.25, -0.2) is 4.68 Å². The van der Waals surface area contributed by atoms with Gasteiger partial charge in [-0.1, -0.05) is 12.1 Å². The smallest absolute Gasteiger partial charge is 0.429 e. The van der Waals surface area contributed by atoms with E-state index in [-0.39, 0.29) is 28.5 Å². The van der Waals surface area contributed by atoms with Crippen molar-refractivity contribution < 1.29 is 27.8 Å². The second-order valence-corrected chi connectivity index (χ2v) is 11.3.